The molecule has 0 atom stereocenters. The molecule has 0 saturated carbocycles. The second-order valence-electron chi connectivity index (χ2n) is 5.67. The van der Waals surface area contributed by atoms with Gasteiger partial charge in [0.15, 0.2) is 0 Å². The molecule has 1 aliphatic rings. The SMILES string of the molecule is CC(C)Oc1ccc(N(C)CC2(CO)COC2)cc1. The van der Waals surface area contributed by atoms with Crippen LogP contribution in [0, 0.1) is 5.41 Å². The number of nitrogens with zero attached hydrogens (tertiary/aromatic N) is 1. The highest BCUT2D eigenvalue weighted by atomic mass is 16.5. The highest BCUT2D eigenvalue weighted by molar-refractivity contribution is 5.48. The number of benzene rings is 1. The molecular weight excluding hydrogens is 242 g/mol. The molecule has 1 saturated heterocycles. The average Bonchev–Trinajstić information content (AvgIpc) is 2.34. The molecule has 1 fully saturated rings. The molecule has 0 amide bonds. The fraction of sp³-hybridized carbons (Fsp3) is 0.600. The predicted octanol–water partition coefficient (Wildman–Crippen LogP) is 1.92. The van der Waals surface area contributed by atoms with Crippen LogP contribution in [0.3, 0.4) is 0 Å². The second kappa shape index (κ2) is 5.80. The molecule has 19 heavy (non-hydrogen) atoms. The van der Waals surface area contributed by atoms with Crippen LogP contribution in [-0.4, -0.2) is 44.6 Å². The summed E-state index contributed by atoms with van der Waals surface area (Å²) in [5.74, 6) is 0.885. The lowest BCUT2D eigenvalue weighted by molar-refractivity contribution is -0.130. The molecule has 0 spiro atoms. The van der Waals surface area contributed by atoms with Crippen molar-refractivity contribution < 1.29 is 14.6 Å². The Bertz CT molecular complexity index is 393. The average molecular weight is 265 g/mol. The lowest BCUT2D eigenvalue weighted by Crippen LogP contribution is -2.52. The summed E-state index contributed by atoms with van der Waals surface area (Å²) in [5.41, 5.74) is 1.03. The minimum absolute atomic E-state index is 0.0954. The van der Waals surface area contributed by atoms with Crippen molar-refractivity contribution in [3.8, 4) is 5.75 Å². The molecule has 0 unspecified atom stereocenters. The summed E-state index contributed by atoms with van der Waals surface area (Å²) < 4.78 is 10.8. The maximum absolute atomic E-state index is 9.45. The Labute approximate surface area is 114 Å². The van der Waals surface area contributed by atoms with E-state index < -0.39 is 0 Å². The Balaban J connectivity index is 1.97. The molecule has 1 aromatic carbocycles. The minimum atomic E-state index is -0.0954. The van der Waals surface area contributed by atoms with E-state index in [4.69, 9.17) is 9.47 Å². The highest BCUT2D eigenvalue weighted by Crippen LogP contribution is 2.30. The lowest BCUT2D eigenvalue weighted by atomic mass is 9.86. The van der Waals surface area contributed by atoms with E-state index in [1.807, 2.05) is 45.2 Å². The van der Waals surface area contributed by atoms with Crippen LogP contribution in [-0.2, 0) is 4.74 Å². The van der Waals surface area contributed by atoms with Crippen LogP contribution in [0.4, 0.5) is 5.69 Å². The first-order valence-corrected chi connectivity index (χ1v) is 6.71. The summed E-state index contributed by atoms with van der Waals surface area (Å²) in [6.45, 7) is 6.29. The normalized spacial score (nSPS) is 17.1. The van der Waals surface area contributed by atoms with Gasteiger partial charge in [-0.2, -0.15) is 0 Å². The Kier molecular flexibility index (Phi) is 4.32. The lowest BCUT2D eigenvalue weighted by Gasteiger charge is -2.42. The molecule has 4 nitrogen and oxygen atoms in total. The van der Waals surface area contributed by atoms with E-state index in [0.717, 1.165) is 18.0 Å². The molecule has 0 aromatic heterocycles. The number of anilines is 1. The van der Waals surface area contributed by atoms with E-state index in [2.05, 4.69) is 4.90 Å². The first kappa shape index (κ1) is 14.2. The summed E-state index contributed by atoms with van der Waals surface area (Å²) in [6.07, 6.45) is 0.188. The Hall–Kier alpha value is -1.26. The minimum Gasteiger partial charge on any atom is -0.491 e. The van der Waals surface area contributed by atoms with Gasteiger partial charge >= 0.3 is 0 Å². The third-order valence-electron chi connectivity index (χ3n) is 3.37. The largest absolute Gasteiger partial charge is 0.491 e. The van der Waals surface area contributed by atoms with Crippen molar-refractivity contribution in [2.45, 2.75) is 20.0 Å². The first-order valence-electron chi connectivity index (χ1n) is 6.71. The Morgan fingerprint density at radius 2 is 1.95 bits per heavy atom. The molecule has 0 aliphatic carbocycles. The van der Waals surface area contributed by atoms with E-state index in [1.54, 1.807) is 0 Å². The summed E-state index contributed by atoms with van der Waals surface area (Å²) in [4.78, 5) is 2.15. The Morgan fingerprint density at radius 1 is 1.32 bits per heavy atom. The van der Waals surface area contributed by atoms with Crippen LogP contribution >= 0.6 is 0 Å². The zero-order valence-electron chi connectivity index (χ0n) is 11.9. The van der Waals surface area contributed by atoms with Gasteiger partial charge in [0.05, 0.1) is 31.3 Å². The van der Waals surface area contributed by atoms with E-state index in [1.165, 1.54) is 0 Å². The highest BCUT2D eigenvalue weighted by Gasteiger charge is 2.39. The van der Waals surface area contributed by atoms with Crippen LogP contribution in [0.25, 0.3) is 0 Å². The smallest absolute Gasteiger partial charge is 0.119 e. The number of aliphatic hydroxyl groups is 1. The van der Waals surface area contributed by atoms with Crippen LogP contribution in [0.5, 0.6) is 5.75 Å². The summed E-state index contributed by atoms with van der Waals surface area (Å²) >= 11 is 0. The van der Waals surface area contributed by atoms with Gasteiger partial charge in [0.1, 0.15) is 5.75 Å². The van der Waals surface area contributed by atoms with Gasteiger partial charge in [0, 0.05) is 19.3 Å². The fourth-order valence-electron chi connectivity index (χ4n) is 2.27. The van der Waals surface area contributed by atoms with Crippen molar-refractivity contribution in [2.24, 2.45) is 5.41 Å². The molecule has 4 heteroatoms. The quantitative estimate of drug-likeness (QED) is 0.853. The van der Waals surface area contributed by atoms with Crippen LogP contribution in [0.1, 0.15) is 13.8 Å². The zero-order chi connectivity index (χ0) is 13.9. The van der Waals surface area contributed by atoms with Crippen molar-refractivity contribution >= 4 is 5.69 Å². The number of ether oxygens (including phenoxy) is 2. The fourth-order valence-corrected chi connectivity index (χ4v) is 2.27. The molecule has 0 bridgehead atoms. The summed E-state index contributed by atoms with van der Waals surface area (Å²) in [7, 11) is 2.04. The molecule has 106 valence electrons. The first-order chi connectivity index (χ1) is 9.04. The second-order valence-corrected chi connectivity index (χ2v) is 5.67. The van der Waals surface area contributed by atoms with Gasteiger partial charge in [-0.25, -0.2) is 0 Å². The molecule has 0 radical (unpaired) electrons. The monoisotopic (exact) mass is 265 g/mol. The Morgan fingerprint density at radius 3 is 2.37 bits per heavy atom. The maximum Gasteiger partial charge on any atom is 0.119 e. The van der Waals surface area contributed by atoms with Gasteiger partial charge in [0.25, 0.3) is 0 Å². The third-order valence-corrected chi connectivity index (χ3v) is 3.37. The van der Waals surface area contributed by atoms with Gasteiger partial charge in [-0.15, -0.1) is 0 Å². The van der Waals surface area contributed by atoms with Gasteiger partial charge in [-0.3, -0.25) is 0 Å². The van der Waals surface area contributed by atoms with Crippen molar-refractivity contribution in [3.63, 3.8) is 0 Å². The number of hydrogen-bond acceptors (Lipinski definition) is 4. The van der Waals surface area contributed by atoms with E-state index in [9.17, 15) is 5.11 Å². The topological polar surface area (TPSA) is 41.9 Å². The van der Waals surface area contributed by atoms with E-state index in [-0.39, 0.29) is 18.1 Å². The van der Waals surface area contributed by atoms with Crippen LogP contribution in [0.2, 0.25) is 0 Å². The van der Waals surface area contributed by atoms with Crippen molar-refractivity contribution in [1.29, 1.82) is 0 Å². The van der Waals surface area contributed by atoms with Crippen molar-refractivity contribution in [3.05, 3.63) is 24.3 Å². The molecule has 2 rings (SSSR count). The molecular formula is C15H23NO3. The zero-order valence-corrected chi connectivity index (χ0v) is 11.9. The van der Waals surface area contributed by atoms with Gasteiger partial charge in [0.2, 0.25) is 0 Å². The van der Waals surface area contributed by atoms with Gasteiger partial charge in [-0.1, -0.05) is 0 Å². The number of aliphatic hydroxyl groups excluding tert-OH is 1. The van der Waals surface area contributed by atoms with Crippen LogP contribution in [0.15, 0.2) is 24.3 Å². The molecule has 1 N–H and O–H groups in total. The maximum atomic E-state index is 9.45. The van der Waals surface area contributed by atoms with Crippen molar-refractivity contribution in [1.82, 2.24) is 0 Å². The van der Waals surface area contributed by atoms with E-state index >= 15 is 0 Å². The van der Waals surface area contributed by atoms with Crippen molar-refractivity contribution in [2.75, 3.05) is 38.3 Å². The van der Waals surface area contributed by atoms with Gasteiger partial charge in [-0.05, 0) is 38.1 Å². The predicted molar refractivity (Wildman–Crippen MR) is 75.8 cm³/mol. The van der Waals surface area contributed by atoms with Crippen LogP contribution < -0.4 is 9.64 Å². The standard InChI is InChI=1S/C15H23NO3/c1-12(2)19-14-6-4-13(5-7-14)16(3)8-15(9-17)10-18-11-15/h4-7,12,17H,8-11H2,1-3H3. The summed E-state index contributed by atoms with van der Waals surface area (Å²) in [5, 5.41) is 9.45. The molecule has 1 heterocycles. The molecule has 1 aromatic rings. The third kappa shape index (κ3) is 3.39. The summed E-state index contributed by atoms with van der Waals surface area (Å²) in [6, 6.07) is 8.05. The number of hydrogen-bond donors (Lipinski definition) is 1. The van der Waals surface area contributed by atoms with E-state index in [0.29, 0.717) is 13.2 Å². The van der Waals surface area contributed by atoms with Gasteiger partial charge < -0.3 is 19.5 Å². The number of rotatable bonds is 6. The molecule has 1 aliphatic heterocycles.